The van der Waals surface area contributed by atoms with Crippen molar-refractivity contribution in [1.82, 2.24) is 5.32 Å². The largest absolute Gasteiger partial charge is 0.494 e. The number of benzene rings is 2. The van der Waals surface area contributed by atoms with E-state index in [0.717, 1.165) is 6.07 Å². The van der Waals surface area contributed by atoms with Crippen molar-refractivity contribution in [2.45, 2.75) is 31.7 Å². The molecule has 1 aliphatic rings. The van der Waals surface area contributed by atoms with Gasteiger partial charge in [-0.25, -0.2) is 4.39 Å². The molecule has 2 aromatic rings. The lowest BCUT2D eigenvalue weighted by Crippen LogP contribution is -2.61. The first-order valence-electron chi connectivity index (χ1n) is 9.56. The quantitative estimate of drug-likeness (QED) is 0.644. The fourth-order valence-electron chi connectivity index (χ4n) is 3.37. The maximum Gasteiger partial charge on any atom is 0.419 e. The second kappa shape index (κ2) is 9.11. The topological polar surface area (TPSA) is 82.8 Å². The van der Waals surface area contributed by atoms with Crippen LogP contribution in [-0.2, 0) is 28.1 Å². The van der Waals surface area contributed by atoms with Crippen LogP contribution in [0.2, 0.25) is 0 Å². The molecule has 31 heavy (non-hydrogen) atoms. The molecule has 1 aliphatic heterocycles. The molecule has 1 atom stereocenters. The molecule has 0 unspecified atom stereocenters. The molecule has 0 bridgehead atoms. The summed E-state index contributed by atoms with van der Waals surface area (Å²) in [6, 6.07) is 7.72. The van der Waals surface area contributed by atoms with Gasteiger partial charge in [0, 0.05) is 17.7 Å². The Bertz CT molecular complexity index is 951. The van der Waals surface area contributed by atoms with Crippen molar-refractivity contribution in [3.05, 3.63) is 58.9 Å². The summed E-state index contributed by atoms with van der Waals surface area (Å²) < 4.78 is 71.5. The predicted octanol–water partition coefficient (Wildman–Crippen LogP) is 3.17. The zero-order chi connectivity index (χ0) is 22.6. The Balaban J connectivity index is 1.81. The molecule has 6 nitrogen and oxygen atoms in total. The molecule has 0 aliphatic carbocycles. The van der Waals surface area contributed by atoms with Crippen LogP contribution in [0.3, 0.4) is 0 Å². The van der Waals surface area contributed by atoms with Gasteiger partial charge in [-0.3, -0.25) is 4.79 Å². The lowest BCUT2D eigenvalue weighted by atomic mass is 9.88. The average Bonchev–Trinajstić information content (AvgIpc) is 2.72. The van der Waals surface area contributed by atoms with Gasteiger partial charge >= 0.3 is 6.18 Å². The maximum absolute atomic E-state index is 14.0. The SMILES string of the molecule is CCOc1ccccc1[C@](N)(C(=O)NCCc1cc(F)cc2c1OCOC2)C(F)(F)F. The first-order chi connectivity index (χ1) is 14.7. The summed E-state index contributed by atoms with van der Waals surface area (Å²) in [6.07, 6.45) is -5.06. The fourth-order valence-corrected chi connectivity index (χ4v) is 3.37. The van der Waals surface area contributed by atoms with Crippen LogP contribution in [0.5, 0.6) is 11.5 Å². The number of ether oxygens (including phenoxy) is 3. The van der Waals surface area contributed by atoms with Gasteiger partial charge in [0.05, 0.1) is 13.2 Å². The van der Waals surface area contributed by atoms with E-state index in [4.69, 9.17) is 19.9 Å². The van der Waals surface area contributed by atoms with E-state index in [0.29, 0.717) is 16.9 Å². The highest BCUT2D eigenvalue weighted by atomic mass is 19.4. The molecule has 0 saturated carbocycles. The van der Waals surface area contributed by atoms with Crippen LogP contribution < -0.4 is 20.5 Å². The fraction of sp³-hybridized carbons (Fsp3) is 0.381. The van der Waals surface area contributed by atoms with Gasteiger partial charge in [-0.1, -0.05) is 18.2 Å². The Kier molecular flexibility index (Phi) is 6.71. The number of alkyl halides is 3. The highest BCUT2D eigenvalue weighted by Gasteiger charge is 2.60. The van der Waals surface area contributed by atoms with Gasteiger partial charge in [-0.2, -0.15) is 13.2 Å². The molecular formula is C21H22F4N2O4. The van der Waals surface area contributed by atoms with Crippen molar-refractivity contribution >= 4 is 5.91 Å². The number of carbonyl (C=O) groups is 1. The van der Waals surface area contributed by atoms with E-state index in [1.165, 1.54) is 30.3 Å². The number of nitrogens with two attached hydrogens (primary N) is 1. The Hall–Kier alpha value is -2.85. The number of para-hydroxylation sites is 1. The van der Waals surface area contributed by atoms with Gasteiger partial charge in [0.2, 0.25) is 5.54 Å². The molecule has 0 aromatic heterocycles. The van der Waals surface area contributed by atoms with Gasteiger partial charge in [-0.05, 0) is 37.1 Å². The number of fused-ring (bicyclic) bond motifs is 1. The zero-order valence-corrected chi connectivity index (χ0v) is 16.7. The zero-order valence-electron chi connectivity index (χ0n) is 16.7. The minimum atomic E-state index is -5.09. The minimum absolute atomic E-state index is 0.0216. The van der Waals surface area contributed by atoms with Gasteiger partial charge < -0.3 is 25.3 Å². The van der Waals surface area contributed by atoms with Crippen molar-refractivity contribution in [3.63, 3.8) is 0 Å². The molecule has 0 radical (unpaired) electrons. The van der Waals surface area contributed by atoms with E-state index in [9.17, 15) is 22.4 Å². The number of carbonyl (C=O) groups excluding carboxylic acids is 1. The maximum atomic E-state index is 14.0. The monoisotopic (exact) mass is 442 g/mol. The molecule has 2 aromatic carbocycles. The smallest absolute Gasteiger partial charge is 0.419 e. The minimum Gasteiger partial charge on any atom is -0.494 e. The summed E-state index contributed by atoms with van der Waals surface area (Å²) in [5, 5.41) is 2.22. The summed E-state index contributed by atoms with van der Waals surface area (Å²) in [5.41, 5.74) is 2.74. The lowest BCUT2D eigenvalue weighted by Gasteiger charge is -2.32. The third-order valence-corrected chi connectivity index (χ3v) is 4.85. The lowest BCUT2D eigenvalue weighted by molar-refractivity contribution is -0.194. The van der Waals surface area contributed by atoms with E-state index < -0.39 is 29.0 Å². The number of nitrogens with one attached hydrogen (secondary N) is 1. The molecule has 0 spiro atoms. The van der Waals surface area contributed by atoms with E-state index in [1.54, 1.807) is 6.92 Å². The van der Waals surface area contributed by atoms with Crippen LogP contribution >= 0.6 is 0 Å². The van der Waals surface area contributed by atoms with E-state index in [1.807, 2.05) is 0 Å². The Morgan fingerprint density at radius 3 is 2.71 bits per heavy atom. The normalized spacial score (nSPS) is 15.4. The summed E-state index contributed by atoms with van der Waals surface area (Å²) >= 11 is 0. The molecule has 3 N–H and O–H groups in total. The molecular weight excluding hydrogens is 420 g/mol. The molecule has 1 amide bonds. The van der Waals surface area contributed by atoms with Crippen LogP contribution in [-0.4, -0.2) is 32.0 Å². The predicted molar refractivity (Wildman–Crippen MR) is 103 cm³/mol. The van der Waals surface area contributed by atoms with E-state index in [-0.39, 0.29) is 38.7 Å². The van der Waals surface area contributed by atoms with Crippen LogP contribution in [0.4, 0.5) is 17.6 Å². The molecule has 0 fully saturated rings. The van der Waals surface area contributed by atoms with Gasteiger partial charge in [0.25, 0.3) is 5.91 Å². The number of halogens is 4. The standard InChI is InChI=1S/C21H22F4N2O4/c1-2-30-17-6-4-3-5-16(17)20(26,21(23,24)25)19(28)27-8-7-13-9-15(22)10-14-11-29-12-31-18(13)14/h3-6,9-10H,2,7-8,11-12,26H2,1H3,(H,27,28)/t20-/m0/s1. The summed E-state index contributed by atoms with van der Waals surface area (Å²) in [6.45, 7) is 1.62. The van der Waals surface area contributed by atoms with Crippen molar-refractivity contribution in [2.24, 2.45) is 5.73 Å². The van der Waals surface area contributed by atoms with Crippen molar-refractivity contribution in [1.29, 1.82) is 0 Å². The van der Waals surface area contributed by atoms with Crippen molar-refractivity contribution < 1.29 is 36.6 Å². The van der Waals surface area contributed by atoms with Crippen molar-refractivity contribution in [3.8, 4) is 11.5 Å². The number of amides is 1. The molecule has 0 saturated heterocycles. The molecule has 3 rings (SSSR count). The summed E-state index contributed by atoms with van der Waals surface area (Å²) in [4.78, 5) is 12.7. The Morgan fingerprint density at radius 1 is 1.26 bits per heavy atom. The van der Waals surface area contributed by atoms with Crippen molar-refractivity contribution in [2.75, 3.05) is 19.9 Å². The molecule has 10 heteroatoms. The second-order valence-electron chi connectivity index (χ2n) is 6.90. The third kappa shape index (κ3) is 4.59. The second-order valence-corrected chi connectivity index (χ2v) is 6.90. The molecule has 1 heterocycles. The van der Waals surface area contributed by atoms with E-state index >= 15 is 0 Å². The van der Waals surface area contributed by atoms with Crippen LogP contribution in [0.1, 0.15) is 23.6 Å². The average molecular weight is 442 g/mol. The highest BCUT2D eigenvalue weighted by Crippen LogP contribution is 2.41. The third-order valence-electron chi connectivity index (χ3n) is 4.85. The summed E-state index contributed by atoms with van der Waals surface area (Å²) in [5.74, 6) is -1.71. The van der Waals surface area contributed by atoms with Gasteiger partial charge in [0.1, 0.15) is 17.3 Å². The number of rotatable bonds is 7. The first kappa shape index (κ1) is 22.8. The Morgan fingerprint density at radius 2 is 2.00 bits per heavy atom. The number of hydrogen-bond acceptors (Lipinski definition) is 5. The summed E-state index contributed by atoms with van der Waals surface area (Å²) in [7, 11) is 0. The van der Waals surface area contributed by atoms with Crippen LogP contribution in [0, 0.1) is 5.82 Å². The first-order valence-corrected chi connectivity index (χ1v) is 9.56. The highest BCUT2D eigenvalue weighted by molar-refractivity contribution is 5.89. The molecule has 168 valence electrons. The van der Waals surface area contributed by atoms with Gasteiger partial charge in [0.15, 0.2) is 6.79 Å². The van der Waals surface area contributed by atoms with Crippen LogP contribution in [0.25, 0.3) is 0 Å². The van der Waals surface area contributed by atoms with E-state index in [2.05, 4.69) is 5.32 Å². The number of hydrogen-bond donors (Lipinski definition) is 2. The van der Waals surface area contributed by atoms with Crippen LogP contribution in [0.15, 0.2) is 36.4 Å². The Labute approximate surface area is 176 Å². The van der Waals surface area contributed by atoms with Gasteiger partial charge in [-0.15, -0.1) is 0 Å².